The molecule has 0 heterocycles. The Hall–Kier alpha value is -0.460. The van der Waals surface area contributed by atoms with Gasteiger partial charge in [-0.2, -0.15) is 0 Å². The Morgan fingerprint density at radius 2 is 2.12 bits per heavy atom. The first-order valence-corrected chi connectivity index (χ1v) is 3.07. The summed E-state index contributed by atoms with van der Waals surface area (Å²) in [6.45, 7) is 6.30. The first-order chi connectivity index (χ1) is 3.66. The van der Waals surface area contributed by atoms with E-state index in [1.807, 2.05) is 13.0 Å². The van der Waals surface area contributed by atoms with Gasteiger partial charge in [-0.15, -0.1) is 0 Å². The van der Waals surface area contributed by atoms with Crippen LogP contribution in [0.3, 0.4) is 0 Å². The van der Waals surface area contributed by atoms with E-state index in [0.717, 1.165) is 12.1 Å². The van der Waals surface area contributed by atoms with Gasteiger partial charge in [0.15, 0.2) is 0 Å². The van der Waals surface area contributed by atoms with E-state index in [4.69, 9.17) is 5.73 Å². The Bertz CT molecular complexity index is 82.4. The lowest BCUT2D eigenvalue weighted by molar-refractivity contribution is 0.637. The monoisotopic (exact) mass is 113 g/mol. The number of allylic oxidation sites excluding steroid dienone is 2. The van der Waals surface area contributed by atoms with Gasteiger partial charge in [0.1, 0.15) is 0 Å². The largest absolute Gasteiger partial charge is 0.402 e. The number of nitrogens with two attached hydrogens (primary N) is 1. The second kappa shape index (κ2) is 3.53. The number of hydrogen-bond acceptors (Lipinski definition) is 1. The Labute approximate surface area is 51.6 Å². The van der Waals surface area contributed by atoms with Crippen LogP contribution in [-0.2, 0) is 0 Å². The van der Waals surface area contributed by atoms with Crippen molar-refractivity contribution in [2.24, 2.45) is 11.7 Å². The van der Waals surface area contributed by atoms with Gasteiger partial charge in [-0.05, 0) is 19.3 Å². The van der Waals surface area contributed by atoms with E-state index in [9.17, 15) is 0 Å². The zero-order chi connectivity index (χ0) is 6.57. The van der Waals surface area contributed by atoms with Crippen molar-refractivity contribution >= 4 is 0 Å². The highest BCUT2D eigenvalue weighted by molar-refractivity contribution is 4.93. The standard InChI is InChI=1S/C7H15N/c1-4-7(8)5-6(2)3/h4,6H,5,8H2,1-3H3. The third kappa shape index (κ3) is 3.72. The summed E-state index contributed by atoms with van der Waals surface area (Å²) in [7, 11) is 0. The van der Waals surface area contributed by atoms with Crippen LogP contribution in [0.1, 0.15) is 27.2 Å². The highest BCUT2D eigenvalue weighted by Gasteiger charge is 1.92. The molecule has 0 aliphatic rings. The van der Waals surface area contributed by atoms with Gasteiger partial charge in [0.05, 0.1) is 0 Å². The van der Waals surface area contributed by atoms with Crippen molar-refractivity contribution in [3.05, 3.63) is 11.8 Å². The molecule has 8 heavy (non-hydrogen) atoms. The molecular formula is C7H15N. The molecule has 0 saturated carbocycles. The zero-order valence-corrected chi connectivity index (χ0v) is 5.94. The fourth-order valence-electron chi connectivity index (χ4n) is 0.589. The van der Waals surface area contributed by atoms with Gasteiger partial charge in [0.2, 0.25) is 0 Å². The van der Waals surface area contributed by atoms with Crippen molar-refractivity contribution in [1.29, 1.82) is 0 Å². The summed E-state index contributed by atoms with van der Waals surface area (Å²) >= 11 is 0. The van der Waals surface area contributed by atoms with Crippen LogP contribution >= 0.6 is 0 Å². The normalized spacial score (nSPS) is 12.8. The third-order valence-corrected chi connectivity index (χ3v) is 1.01. The molecule has 1 heteroatoms. The van der Waals surface area contributed by atoms with Gasteiger partial charge in [0.25, 0.3) is 0 Å². The molecule has 0 spiro atoms. The van der Waals surface area contributed by atoms with Crippen molar-refractivity contribution in [1.82, 2.24) is 0 Å². The van der Waals surface area contributed by atoms with Crippen LogP contribution in [0.15, 0.2) is 11.8 Å². The van der Waals surface area contributed by atoms with Gasteiger partial charge >= 0.3 is 0 Å². The molecule has 0 aliphatic heterocycles. The molecule has 0 aromatic rings. The minimum Gasteiger partial charge on any atom is -0.402 e. The molecule has 48 valence electrons. The number of rotatable bonds is 2. The van der Waals surface area contributed by atoms with Crippen molar-refractivity contribution in [2.45, 2.75) is 27.2 Å². The summed E-state index contributed by atoms with van der Waals surface area (Å²) in [6, 6.07) is 0. The van der Waals surface area contributed by atoms with E-state index in [1.54, 1.807) is 0 Å². The van der Waals surface area contributed by atoms with Gasteiger partial charge < -0.3 is 5.73 Å². The second-order valence-electron chi connectivity index (χ2n) is 2.46. The van der Waals surface area contributed by atoms with Crippen LogP contribution in [0.2, 0.25) is 0 Å². The zero-order valence-electron chi connectivity index (χ0n) is 5.94. The molecule has 0 amide bonds. The Balaban J connectivity index is 3.39. The van der Waals surface area contributed by atoms with E-state index in [2.05, 4.69) is 13.8 Å². The van der Waals surface area contributed by atoms with Crippen LogP contribution in [0.5, 0.6) is 0 Å². The van der Waals surface area contributed by atoms with Crippen LogP contribution in [-0.4, -0.2) is 0 Å². The predicted molar refractivity (Wildman–Crippen MR) is 37.4 cm³/mol. The molecule has 0 bridgehead atoms. The maximum absolute atomic E-state index is 5.54. The fourth-order valence-corrected chi connectivity index (χ4v) is 0.589. The average Bonchev–Trinajstić information content (AvgIpc) is 1.65. The molecule has 0 saturated heterocycles. The minimum absolute atomic E-state index is 0.686. The predicted octanol–water partition coefficient (Wildman–Crippen LogP) is 1.90. The molecule has 0 atom stereocenters. The maximum atomic E-state index is 5.54. The molecule has 0 radical (unpaired) electrons. The minimum atomic E-state index is 0.686. The van der Waals surface area contributed by atoms with Crippen molar-refractivity contribution in [3.8, 4) is 0 Å². The summed E-state index contributed by atoms with van der Waals surface area (Å²) in [6.07, 6.45) is 2.98. The summed E-state index contributed by atoms with van der Waals surface area (Å²) in [5.74, 6) is 0.686. The SMILES string of the molecule is CC=C(N)CC(C)C. The molecule has 1 nitrogen and oxygen atoms in total. The summed E-state index contributed by atoms with van der Waals surface area (Å²) < 4.78 is 0. The lowest BCUT2D eigenvalue weighted by atomic mass is 10.1. The first kappa shape index (κ1) is 7.54. The molecule has 0 aliphatic carbocycles. The van der Waals surface area contributed by atoms with Gasteiger partial charge in [-0.3, -0.25) is 0 Å². The smallest absolute Gasteiger partial charge is 0.00397 e. The van der Waals surface area contributed by atoms with E-state index >= 15 is 0 Å². The average molecular weight is 113 g/mol. The third-order valence-electron chi connectivity index (χ3n) is 1.01. The Kier molecular flexibility index (Phi) is 3.33. The highest BCUT2D eigenvalue weighted by Crippen LogP contribution is 2.03. The van der Waals surface area contributed by atoms with E-state index in [0.29, 0.717) is 5.92 Å². The van der Waals surface area contributed by atoms with Crippen LogP contribution in [0, 0.1) is 5.92 Å². The molecule has 2 N–H and O–H groups in total. The van der Waals surface area contributed by atoms with Crippen LogP contribution < -0.4 is 5.73 Å². The number of hydrogen-bond donors (Lipinski definition) is 1. The van der Waals surface area contributed by atoms with Crippen molar-refractivity contribution < 1.29 is 0 Å². The first-order valence-electron chi connectivity index (χ1n) is 3.07. The second-order valence-corrected chi connectivity index (χ2v) is 2.46. The quantitative estimate of drug-likeness (QED) is 0.581. The topological polar surface area (TPSA) is 26.0 Å². The molecule has 0 aromatic heterocycles. The fraction of sp³-hybridized carbons (Fsp3) is 0.714. The molecule has 0 fully saturated rings. The highest BCUT2D eigenvalue weighted by atomic mass is 14.6. The van der Waals surface area contributed by atoms with E-state index < -0.39 is 0 Å². The molecular weight excluding hydrogens is 98.1 g/mol. The summed E-state index contributed by atoms with van der Waals surface area (Å²) in [5.41, 5.74) is 6.54. The summed E-state index contributed by atoms with van der Waals surface area (Å²) in [4.78, 5) is 0. The summed E-state index contributed by atoms with van der Waals surface area (Å²) in [5, 5.41) is 0. The van der Waals surface area contributed by atoms with Crippen molar-refractivity contribution in [3.63, 3.8) is 0 Å². The van der Waals surface area contributed by atoms with E-state index in [-0.39, 0.29) is 0 Å². The van der Waals surface area contributed by atoms with Gasteiger partial charge in [0, 0.05) is 5.70 Å². The Morgan fingerprint density at radius 1 is 1.62 bits per heavy atom. The lowest BCUT2D eigenvalue weighted by Crippen LogP contribution is -2.00. The van der Waals surface area contributed by atoms with Gasteiger partial charge in [-0.25, -0.2) is 0 Å². The Morgan fingerprint density at radius 3 is 2.25 bits per heavy atom. The van der Waals surface area contributed by atoms with Crippen LogP contribution in [0.25, 0.3) is 0 Å². The lowest BCUT2D eigenvalue weighted by Gasteiger charge is -2.01. The molecule has 0 rings (SSSR count). The molecule has 0 aromatic carbocycles. The maximum Gasteiger partial charge on any atom is 0.00397 e. The van der Waals surface area contributed by atoms with Crippen LogP contribution in [0.4, 0.5) is 0 Å². The van der Waals surface area contributed by atoms with E-state index in [1.165, 1.54) is 0 Å². The van der Waals surface area contributed by atoms with Crippen molar-refractivity contribution in [2.75, 3.05) is 0 Å². The van der Waals surface area contributed by atoms with Gasteiger partial charge in [-0.1, -0.05) is 19.9 Å². The molecule has 0 unspecified atom stereocenters.